The smallest absolute Gasteiger partial charge is 0.412 e. The highest BCUT2D eigenvalue weighted by Crippen LogP contribution is 2.37. The van der Waals surface area contributed by atoms with Crippen molar-refractivity contribution >= 4 is 20.1 Å². The Morgan fingerprint density at radius 3 is 2.37 bits per heavy atom. The fraction of sp³-hybridized carbons (Fsp3) is 0.607. The highest BCUT2D eigenvalue weighted by atomic mass is 28.4. The number of pyridine rings is 2. The first-order valence-electron chi connectivity index (χ1n) is 13.0. The van der Waals surface area contributed by atoms with Gasteiger partial charge in [-0.1, -0.05) is 20.8 Å². The summed E-state index contributed by atoms with van der Waals surface area (Å²) in [4.78, 5) is 21.5. The van der Waals surface area contributed by atoms with E-state index in [-0.39, 0.29) is 11.6 Å². The summed E-state index contributed by atoms with van der Waals surface area (Å²) in [5, 5.41) is 13.0. The SMILES string of the molecule is Cc1ncc(NC(=O)OC(C)(C)C)cc1-c1cc(OCCO[Si](C)(C)C(C)(C)C)nc(C2(CO)COC2)c1. The van der Waals surface area contributed by atoms with Crippen LogP contribution in [0.15, 0.2) is 24.4 Å². The van der Waals surface area contributed by atoms with Gasteiger partial charge in [0, 0.05) is 17.3 Å². The van der Waals surface area contributed by atoms with E-state index in [4.69, 9.17) is 23.6 Å². The molecule has 1 saturated heterocycles. The maximum Gasteiger partial charge on any atom is 0.412 e. The molecule has 0 unspecified atom stereocenters. The molecule has 0 bridgehead atoms. The number of nitrogens with one attached hydrogen (secondary N) is 1. The summed E-state index contributed by atoms with van der Waals surface area (Å²) in [7, 11) is -1.90. The van der Waals surface area contributed by atoms with Crippen molar-refractivity contribution in [3.8, 4) is 17.0 Å². The van der Waals surface area contributed by atoms with Crippen LogP contribution in [0.4, 0.5) is 10.5 Å². The largest absolute Gasteiger partial charge is 0.475 e. The van der Waals surface area contributed by atoms with Gasteiger partial charge in [-0.25, -0.2) is 9.78 Å². The van der Waals surface area contributed by atoms with Crippen LogP contribution in [0.5, 0.6) is 5.88 Å². The third kappa shape index (κ3) is 7.31. The number of carbonyl (C=O) groups is 1. The number of carbonyl (C=O) groups excluding carboxylic acids is 1. The van der Waals surface area contributed by atoms with E-state index in [1.165, 1.54) is 0 Å². The Hall–Kier alpha value is -2.53. The summed E-state index contributed by atoms with van der Waals surface area (Å²) < 4.78 is 23.1. The summed E-state index contributed by atoms with van der Waals surface area (Å²) in [6, 6.07) is 5.62. The third-order valence-corrected chi connectivity index (χ3v) is 11.6. The van der Waals surface area contributed by atoms with E-state index < -0.39 is 25.4 Å². The number of nitrogens with zero attached hydrogens (tertiary/aromatic N) is 2. The van der Waals surface area contributed by atoms with Gasteiger partial charge in [-0.15, -0.1) is 0 Å². The quantitative estimate of drug-likeness (QED) is 0.316. The van der Waals surface area contributed by atoms with Crippen molar-refractivity contribution in [2.75, 3.05) is 38.4 Å². The van der Waals surface area contributed by atoms with Crippen molar-refractivity contribution < 1.29 is 28.5 Å². The molecule has 1 aliphatic heterocycles. The van der Waals surface area contributed by atoms with E-state index >= 15 is 0 Å². The summed E-state index contributed by atoms with van der Waals surface area (Å²) >= 11 is 0. The molecule has 3 rings (SSSR count). The number of hydrogen-bond donors (Lipinski definition) is 2. The van der Waals surface area contributed by atoms with Gasteiger partial charge in [0.2, 0.25) is 5.88 Å². The Balaban J connectivity index is 1.88. The van der Waals surface area contributed by atoms with E-state index in [0.29, 0.717) is 43.7 Å². The van der Waals surface area contributed by atoms with Gasteiger partial charge in [0.15, 0.2) is 8.32 Å². The van der Waals surface area contributed by atoms with Gasteiger partial charge in [0.05, 0.1) is 49.4 Å². The van der Waals surface area contributed by atoms with Crippen LogP contribution in [0, 0.1) is 6.92 Å². The van der Waals surface area contributed by atoms with E-state index in [0.717, 1.165) is 16.8 Å². The lowest BCUT2D eigenvalue weighted by Gasteiger charge is -2.39. The van der Waals surface area contributed by atoms with Crippen LogP contribution in [0.1, 0.15) is 52.9 Å². The maximum atomic E-state index is 12.3. The molecule has 0 saturated carbocycles. The van der Waals surface area contributed by atoms with Crippen LogP contribution in [-0.4, -0.2) is 68.1 Å². The van der Waals surface area contributed by atoms with E-state index in [9.17, 15) is 9.90 Å². The Bertz CT molecular complexity index is 1130. The predicted molar refractivity (Wildman–Crippen MR) is 150 cm³/mol. The number of rotatable bonds is 9. The molecule has 2 aromatic heterocycles. The number of aromatic nitrogens is 2. The van der Waals surface area contributed by atoms with Gasteiger partial charge in [-0.05, 0) is 63.5 Å². The molecule has 1 amide bonds. The molecule has 0 aromatic carbocycles. The molecule has 210 valence electrons. The van der Waals surface area contributed by atoms with Crippen LogP contribution >= 0.6 is 0 Å². The molecule has 2 aromatic rings. The summed E-state index contributed by atoms with van der Waals surface area (Å²) in [6.45, 7) is 19.8. The molecule has 0 spiro atoms. The Labute approximate surface area is 227 Å². The van der Waals surface area contributed by atoms with Crippen molar-refractivity contribution in [3.05, 3.63) is 35.8 Å². The maximum absolute atomic E-state index is 12.3. The minimum Gasteiger partial charge on any atom is -0.475 e. The van der Waals surface area contributed by atoms with Crippen molar-refractivity contribution in [1.29, 1.82) is 0 Å². The summed E-state index contributed by atoms with van der Waals surface area (Å²) in [5.41, 5.74) is 2.38. The number of aliphatic hydroxyl groups is 1. The molecule has 10 heteroatoms. The normalized spacial score (nSPS) is 15.5. The Morgan fingerprint density at radius 2 is 1.82 bits per heavy atom. The van der Waals surface area contributed by atoms with Gasteiger partial charge < -0.3 is 23.7 Å². The second kappa shape index (κ2) is 11.3. The number of ether oxygens (including phenoxy) is 3. The summed E-state index contributed by atoms with van der Waals surface area (Å²) in [5.74, 6) is 0.431. The van der Waals surface area contributed by atoms with Crippen molar-refractivity contribution in [2.24, 2.45) is 0 Å². The first-order chi connectivity index (χ1) is 17.6. The molecule has 3 heterocycles. The fourth-order valence-corrected chi connectivity index (χ4v) is 4.68. The molecule has 1 fully saturated rings. The van der Waals surface area contributed by atoms with Crippen LogP contribution in [0.25, 0.3) is 11.1 Å². The highest BCUT2D eigenvalue weighted by Gasteiger charge is 2.42. The molecule has 0 radical (unpaired) electrons. The molecular weight excluding hydrogens is 502 g/mol. The zero-order valence-corrected chi connectivity index (χ0v) is 25.2. The minimum atomic E-state index is -1.90. The van der Waals surface area contributed by atoms with E-state index in [1.54, 1.807) is 6.20 Å². The van der Waals surface area contributed by atoms with Gasteiger partial charge in [-0.2, -0.15) is 0 Å². The molecule has 1 aliphatic rings. The first-order valence-corrected chi connectivity index (χ1v) is 15.9. The molecule has 0 atom stereocenters. The number of aliphatic hydroxyl groups excluding tert-OH is 1. The number of anilines is 1. The molecule has 9 nitrogen and oxygen atoms in total. The molecular formula is C28H43N3O6Si. The Kier molecular flexibility index (Phi) is 8.92. The minimum absolute atomic E-state index is 0.0884. The number of hydrogen-bond acceptors (Lipinski definition) is 8. The van der Waals surface area contributed by atoms with Crippen LogP contribution in [-0.2, 0) is 19.3 Å². The highest BCUT2D eigenvalue weighted by molar-refractivity contribution is 6.74. The lowest BCUT2D eigenvalue weighted by Crippen LogP contribution is -2.50. The first kappa shape index (κ1) is 30.0. The fourth-order valence-electron chi connectivity index (χ4n) is 3.65. The van der Waals surface area contributed by atoms with Crippen molar-refractivity contribution in [2.45, 2.75) is 77.6 Å². The second-order valence-electron chi connectivity index (χ2n) is 12.5. The predicted octanol–water partition coefficient (Wildman–Crippen LogP) is 5.46. The zero-order chi connectivity index (χ0) is 28.4. The van der Waals surface area contributed by atoms with Gasteiger partial charge in [0.25, 0.3) is 0 Å². The van der Waals surface area contributed by atoms with Gasteiger partial charge in [0.1, 0.15) is 12.2 Å². The van der Waals surface area contributed by atoms with Gasteiger partial charge in [-0.3, -0.25) is 10.3 Å². The zero-order valence-electron chi connectivity index (χ0n) is 24.2. The summed E-state index contributed by atoms with van der Waals surface area (Å²) in [6.07, 6.45) is 1.04. The van der Waals surface area contributed by atoms with E-state index in [1.807, 2.05) is 45.9 Å². The molecule has 0 aliphatic carbocycles. The van der Waals surface area contributed by atoms with E-state index in [2.05, 4.69) is 44.2 Å². The van der Waals surface area contributed by atoms with Gasteiger partial charge >= 0.3 is 6.09 Å². The standard InChI is InChI=1S/C28H43N3O6Si/c1-19-22(14-21(15-29-19)30-25(33)37-26(2,3)4)20-12-23(28(16-32)17-34-18-28)31-24(13-20)35-10-11-36-38(8,9)27(5,6)7/h12-15,32H,10-11,16-18H2,1-9H3,(H,30,33). The molecule has 2 N–H and O–H groups in total. The van der Waals surface area contributed by atoms with Crippen molar-refractivity contribution in [3.63, 3.8) is 0 Å². The van der Waals surface area contributed by atoms with Crippen LogP contribution in [0.3, 0.4) is 0 Å². The molecule has 38 heavy (non-hydrogen) atoms. The van der Waals surface area contributed by atoms with Crippen molar-refractivity contribution in [1.82, 2.24) is 9.97 Å². The Morgan fingerprint density at radius 1 is 1.13 bits per heavy atom. The monoisotopic (exact) mass is 545 g/mol. The van der Waals surface area contributed by atoms with Crippen LogP contribution < -0.4 is 10.1 Å². The lowest BCUT2D eigenvalue weighted by atomic mass is 9.82. The number of aryl methyl sites for hydroxylation is 1. The number of amides is 1. The third-order valence-electron chi connectivity index (χ3n) is 7.05. The van der Waals surface area contributed by atoms with Crippen LogP contribution in [0.2, 0.25) is 18.1 Å². The average Bonchev–Trinajstić information content (AvgIpc) is 2.75. The topological polar surface area (TPSA) is 112 Å². The second-order valence-corrected chi connectivity index (χ2v) is 17.3. The lowest BCUT2D eigenvalue weighted by molar-refractivity contribution is -0.0863. The average molecular weight is 546 g/mol.